The minimum Gasteiger partial charge on any atom is -0.486 e. The number of anilines is 1. The monoisotopic (exact) mass is 540 g/mol. The maximum absolute atomic E-state index is 10.9. The summed E-state index contributed by atoms with van der Waals surface area (Å²) in [6.07, 6.45) is 14.0. The van der Waals surface area contributed by atoms with Gasteiger partial charge in [0, 0.05) is 37.9 Å². The van der Waals surface area contributed by atoms with Crippen LogP contribution in [0.25, 0.3) is 43.2 Å². The predicted molar refractivity (Wildman–Crippen MR) is 166 cm³/mol. The van der Waals surface area contributed by atoms with E-state index in [2.05, 4.69) is 84.3 Å². The van der Waals surface area contributed by atoms with Gasteiger partial charge in [-0.2, -0.15) is 0 Å². The molecule has 0 radical (unpaired) electrons. The molecular formula is C32H32N2O2S2. The number of carbonyl (C=O) groups is 1. The van der Waals surface area contributed by atoms with Crippen LogP contribution in [0.4, 0.5) is 5.69 Å². The summed E-state index contributed by atoms with van der Waals surface area (Å²) in [4.78, 5) is 18.7. The molecule has 2 heterocycles. The summed E-state index contributed by atoms with van der Waals surface area (Å²) in [5.41, 5.74) is 2.21. The number of carboxylic acids is 1. The summed E-state index contributed by atoms with van der Waals surface area (Å²) in [7, 11) is 0. The summed E-state index contributed by atoms with van der Waals surface area (Å²) in [5, 5.41) is 11.5. The summed E-state index contributed by atoms with van der Waals surface area (Å²) < 4.78 is 2.40. The van der Waals surface area contributed by atoms with Crippen molar-refractivity contribution in [1.82, 2.24) is 0 Å². The number of unbranched alkanes of at least 4 members (excludes halogenated alkanes) is 2. The Hall–Kier alpha value is -3.66. The van der Waals surface area contributed by atoms with E-state index in [4.69, 9.17) is 11.7 Å². The average molecular weight is 541 g/mol. The van der Waals surface area contributed by atoms with Gasteiger partial charge in [-0.3, -0.25) is 4.79 Å². The fourth-order valence-corrected chi connectivity index (χ4v) is 6.46. The topological polar surface area (TPSA) is 44.9 Å². The van der Waals surface area contributed by atoms with Crippen LogP contribution in [0.2, 0.25) is 0 Å². The molecular weight excluding hydrogens is 508 g/mol. The second-order valence-electron chi connectivity index (χ2n) is 9.17. The molecule has 194 valence electrons. The molecule has 0 unspecified atom stereocenters. The molecule has 1 N–H and O–H groups in total. The van der Waals surface area contributed by atoms with Gasteiger partial charge in [-0.25, -0.2) is 4.85 Å². The van der Waals surface area contributed by atoms with Crippen LogP contribution < -0.4 is 4.90 Å². The first-order valence-electron chi connectivity index (χ1n) is 13.0. The summed E-state index contributed by atoms with van der Waals surface area (Å²) in [5.74, 6) is -1.21. The van der Waals surface area contributed by atoms with E-state index in [0.29, 0.717) is 0 Å². The Morgan fingerprint density at radius 1 is 0.895 bits per heavy atom. The minimum atomic E-state index is -1.21. The number of benzene rings is 2. The number of fused-ring (bicyclic) bond motifs is 2. The molecule has 0 fully saturated rings. The minimum absolute atomic E-state index is 0.290. The summed E-state index contributed by atoms with van der Waals surface area (Å²) >= 11 is 3.39. The van der Waals surface area contributed by atoms with Crippen LogP contribution in [0.15, 0.2) is 66.4 Å². The third kappa shape index (κ3) is 7.00. The Balaban J connectivity index is 1.46. The lowest BCUT2D eigenvalue weighted by Crippen LogP contribution is -2.25. The van der Waals surface area contributed by atoms with Crippen LogP contribution in [0.3, 0.4) is 0 Å². The fraction of sp³-hybridized carbons (Fsp3) is 0.250. The smallest absolute Gasteiger partial charge is 0.333 e. The molecule has 2 aromatic heterocycles. The van der Waals surface area contributed by atoms with Gasteiger partial charge in [0.05, 0.1) is 6.57 Å². The zero-order chi connectivity index (χ0) is 26.9. The van der Waals surface area contributed by atoms with Crippen molar-refractivity contribution in [1.29, 1.82) is 0 Å². The zero-order valence-corrected chi connectivity index (χ0v) is 23.4. The first kappa shape index (κ1) is 27.4. The third-order valence-corrected chi connectivity index (χ3v) is 8.54. The van der Waals surface area contributed by atoms with Gasteiger partial charge in [0.25, 0.3) is 5.70 Å². The van der Waals surface area contributed by atoms with E-state index in [0.717, 1.165) is 18.0 Å². The van der Waals surface area contributed by atoms with E-state index >= 15 is 0 Å². The second kappa shape index (κ2) is 13.2. The van der Waals surface area contributed by atoms with Gasteiger partial charge in [0.1, 0.15) is 0 Å². The van der Waals surface area contributed by atoms with Crippen LogP contribution in [0, 0.1) is 6.57 Å². The molecule has 0 aliphatic carbocycles. The van der Waals surface area contributed by atoms with Crippen LogP contribution in [0.5, 0.6) is 0 Å². The molecule has 0 saturated heterocycles. The molecule has 38 heavy (non-hydrogen) atoms. The van der Waals surface area contributed by atoms with Gasteiger partial charge in [-0.15, -0.1) is 22.7 Å². The molecule has 0 aliphatic rings. The zero-order valence-electron chi connectivity index (χ0n) is 21.8. The first-order chi connectivity index (χ1) is 18.5. The molecule has 4 nitrogen and oxygen atoms in total. The second-order valence-corrected chi connectivity index (χ2v) is 11.4. The maximum Gasteiger partial charge on any atom is 0.333 e. The van der Waals surface area contributed by atoms with Gasteiger partial charge < -0.3 is 10.0 Å². The van der Waals surface area contributed by atoms with E-state index in [1.807, 2.05) is 6.08 Å². The van der Waals surface area contributed by atoms with Crippen LogP contribution >= 0.6 is 22.7 Å². The molecule has 0 atom stereocenters. The van der Waals surface area contributed by atoms with Crippen molar-refractivity contribution < 1.29 is 9.90 Å². The molecule has 0 amide bonds. The Kier molecular flexibility index (Phi) is 9.53. The van der Waals surface area contributed by atoms with E-state index in [1.54, 1.807) is 28.7 Å². The molecule has 2 aromatic carbocycles. The Morgan fingerprint density at radius 3 is 2.16 bits per heavy atom. The standard InChI is InChI=1S/C32H32N2O2S2/c1-4-6-17-34(18-7-5-2)26-15-14-24-19-23(11-13-25(24)20-26)12-16-28-22-31-30(38-28)21-27(37-31)9-8-10-29(33-3)32(35)36/h8-16,19-22H,4-7,17-18H2,1-2H3,(H,35,36). The molecule has 0 bridgehead atoms. The van der Waals surface area contributed by atoms with Crippen molar-refractivity contribution in [2.24, 2.45) is 0 Å². The maximum atomic E-state index is 10.9. The van der Waals surface area contributed by atoms with E-state index in [1.165, 1.54) is 68.1 Å². The number of thiophene rings is 2. The first-order valence-corrected chi connectivity index (χ1v) is 14.6. The van der Waals surface area contributed by atoms with Crippen molar-refractivity contribution in [3.63, 3.8) is 0 Å². The number of rotatable bonds is 12. The van der Waals surface area contributed by atoms with Gasteiger partial charge in [0.2, 0.25) is 0 Å². The van der Waals surface area contributed by atoms with Gasteiger partial charge in [-0.1, -0.05) is 57.0 Å². The third-order valence-electron chi connectivity index (χ3n) is 6.32. The van der Waals surface area contributed by atoms with E-state index < -0.39 is 5.97 Å². The quantitative estimate of drug-likeness (QED) is 0.111. The van der Waals surface area contributed by atoms with Crippen molar-refractivity contribution >= 4 is 72.7 Å². The summed E-state index contributed by atoms with van der Waals surface area (Å²) in [6, 6.07) is 17.8. The Labute approximate surface area is 232 Å². The van der Waals surface area contributed by atoms with Crippen LogP contribution in [-0.2, 0) is 4.79 Å². The van der Waals surface area contributed by atoms with Crippen LogP contribution in [-0.4, -0.2) is 24.2 Å². The lowest BCUT2D eigenvalue weighted by molar-refractivity contribution is -0.132. The molecule has 6 heteroatoms. The average Bonchev–Trinajstić information content (AvgIpc) is 3.48. The van der Waals surface area contributed by atoms with Gasteiger partial charge >= 0.3 is 5.97 Å². The van der Waals surface area contributed by atoms with E-state index in [9.17, 15) is 4.79 Å². The number of allylic oxidation sites excluding steroid dienone is 2. The fourth-order valence-electron chi connectivity index (χ4n) is 4.23. The highest BCUT2D eigenvalue weighted by Crippen LogP contribution is 2.35. The largest absolute Gasteiger partial charge is 0.486 e. The lowest BCUT2D eigenvalue weighted by Gasteiger charge is -2.25. The molecule has 4 rings (SSSR count). The molecule has 0 spiro atoms. The highest BCUT2D eigenvalue weighted by molar-refractivity contribution is 7.28. The molecule has 0 aliphatic heterocycles. The normalized spacial score (nSPS) is 12.2. The number of hydrogen-bond donors (Lipinski definition) is 1. The van der Waals surface area contributed by atoms with Crippen LogP contribution in [0.1, 0.15) is 54.8 Å². The number of carboxylic acid groups (broad SMARTS) is 1. The SMILES string of the molecule is [C-]#[N+]C(=CC=Cc1cc2sc(C=Cc3ccc4cc(N(CCCC)CCCC)ccc4c3)cc2s1)C(=O)O. The van der Waals surface area contributed by atoms with Crippen molar-refractivity contribution in [2.45, 2.75) is 39.5 Å². The van der Waals surface area contributed by atoms with Gasteiger partial charge in [0.15, 0.2) is 0 Å². The molecule has 4 aromatic rings. The lowest BCUT2D eigenvalue weighted by atomic mass is 10.0. The summed E-state index contributed by atoms with van der Waals surface area (Å²) in [6.45, 7) is 13.6. The highest BCUT2D eigenvalue weighted by Gasteiger charge is 2.08. The van der Waals surface area contributed by atoms with Gasteiger partial charge in [-0.05, 0) is 77.7 Å². The Bertz CT molecular complexity index is 1510. The van der Waals surface area contributed by atoms with Crippen molar-refractivity contribution in [3.8, 4) is 0 Å². The molecule has 0 saturated carbocycles. The highest BCUT2D eigenvalue weighted by atomic mass is 32.1. The number of aliphatic carboxylic acids is 1. The van der Waals surface area contributed by atoms with Crippen molar-refractivity contribution in [3.05, 3.63) is 93.1 Å². The van der Waals surface area contributed by atoms with E-state index in [-0.39, 0.29) is 5.70 Å². The van der Waals surface area contributed by atoms with Crippen molar-refractivity contribution in [2.75, 3.05) is 18.0 Å². The number of hydrogen-bond acceptors (Lipinski definition) is 4. The Morgan fingerprint density at radius 2 is 1.53 bits per heavy atom. The number of nitrogens with zero attached hydrogens (tertiary/aromatic N) is 2. The predicted octanol–water partition coefficient (Wildman–Crippen LogP) is 9.59.